The van der Waals surface area contributed by atoms with Crippen molar-refractivity contribution in [2.45, 2.75) is 246 Å². The van der Waals surface area contributed by atoms with Gasteiger partial charge in [-0.2, -0.15) is 0 Å². The summed E-state index contributed by atoms with van der Waals surface area (Å²) in [5, 5.41) is 24.8. The van der Waals surface area contributed by atoms with Crippen molar-refractivity contribution in [2.75, 3.05) is 26.2 Å². The number of nitrogens with zero attached hydrogens (tertiary/aromatic N) is 6. The molecule has 7 heterocycles. The molecule has 4 amide bonds. The van der Waals surface area contributed by atoms with Crippen molar-refractivity contribution in [3.05, 3.63) is 156 Å². The number of carbonyl (C=O) groups excluding carboxylic acids is 4. The van der Waals surface area contributed by atoms with E-state index in [1.165, 1.54) is 117 Å². The molecule has 22 heteroatoms. The van der Waals surface area contributed by atoms with Crippen molar-refractivity contribution in [3.8, 4) is 22.8 Å². The topological polar surface area (TPSA) is 243 Å². The van der Waals surface area contributed by atoms with Gasteiger partial charge >= 0.3 is 19.1 Å². The summed E-state index contributed by atoms with van der Waals surface area (Å²) in [4.78, 5) is 101. The van der Waals surface area contributed by atoms with Gasteiger partial charge in [0, 0.05) is 90.3 Å². The largest absolute Gasteiger partial charge is 0.490 e. The molecular weight excluding hydrogens is 1480 g/mol. The first-order valence-electron chi connectivity index (χ1n) is 40.4. The number of allylic oxidation sites excluding steroid dienone is 4. The Labute approximate surface area is 669 Å². The molecule has 4 N–H and O–H groups in total. The van der Waals surface area contributed by atoms with E-state index in [9.17, 15) is 39.0 Å². The van der Waals surface area contributed by atoms with Crippen molar-refractivity contribution < 1.29 is 48.3 Å². The monoisotopic (exact) mass is 1600 g/mol. The molecule has 3 aliphatic heterocycles. The number of carboxylic acids is 2. The lowest BCUT2D eigenvalue weighted by Crippen LogP contribution is -2.49. The van der Waals surface area contributed by atoms with Gasteiger partial charge in [-0.3, -0.25) is 28.8 Å². The minimum Gasteiger partial charge on any atom is -0.481 e. The lowest BCUT2D eigenvalue weighted by molar-refractivity contribution is -0.143. The number of amides is 4. The van der Waals surface area contributed by atoms with Crippen LogP contribution in [0.3, 0.4) is 0 Å². The Morgan fingerprint density at radius 1 is 0.527 bits per heavy atom. The standard InChI is InChI=1S/C41H52N4O4S.C27H29BrN4O4S.C20H35BO2/c1-5-26-6-10-28(11-7-26)29-14-16-30(17-15-29)33-23-42-37(43-24-33)31-12-8-27(9-13-31)22-34(39(47)45-21-20-32(25-45)40(48)49)44-38(46)35-18-19-36(50-35)41(2,3)4;1-27(2,3)22-9-8-21(37-22)24(33)31-20(25(34)32-11-10-18(15-32)26(35)36)12-16-4-6-17(7-5-16)23-29-13-19(28)14-30-23;1-6-15-7-9-16(10-8-15)17-11-13-18(14-12-17)21-22-19(2,3)20(4,5)23-21/h8-9,12-13,16,18-19,23-24,26,28-29,32,34H,5-7,10-11,14-15,17,20-22,25H2,1-4H3,(H,44,46)(H,48,49);4-9,13-14,18,20H,10-12,15H2,1-3H3,(H,31,33)(H,35,36);13,15-17H,6-12,14H2,1-5H3/t26?,28?,29?,32-,34-;18-,20-;/m00./s1. The zero-order chi connectivity index (χ0) is 78.8. The maximum atomic E-state index is 13.7. The Morgan fingerprint density at radius 2 is 0.927 bits per heavy atom. The predicted octanol–water partition coefficient (Wildman–Crippen LogP) is 18.3. The van der Waals surface area contributed by atoms with Crippen LogP contribution in [0.15, 0.2) is 120 Å². The number of hydrogen-bond donors (Lipinski definition) is 4. The molecular formula is C88H116BBrN8O10S2. The van der Waals surface area contributed by atoms with Gasteiger partial charge in [-0.15, -0.1) is 22.7 Å². The van der Waals surface area contributed by atoms with Gasteiger partial charge in [0.25, 0.3) is 11.8 Å². The maximum Gasteiger partial charge on any atom is 0.490 e. The van der Waals surface area contributed by atoms with E-state index in [4.69, 9.17) is 19.3 Å². The fourth-order valence-electron chi connectivity index (χ4n) is 16.7. The summed E-state index contributed by atoms with van der Waals surface area (Å²) in [6.45, 7) is 26.8. The summed E-state index contributed by atoms with van der Waals surface area (Å²) in [6.07, 6.45) is 34.9. The van der Waals surface area contributed by atoms with Crippen LogP contribution in [0, 0.1) is 47.3 Å². The molecule has 2 unspecified atom stereocenters. The highest BCUT2D eigenvalue weighted by atomic mass is 79.9. The van der Waals surface area contributed by atoms with Crippen molar-refractivity contribution in [1.29, 1.82) is 0 Å². The summed E-state index contributed by atoms with van der Waals surface area (Å²) in [5.74, 6) is 2.61. The molecule has 18 nitrogen and oxygen atoms in total. The summed E-state index contributed by atoms with van der Waals surface area (Å²) < 4.78 is 13.2. The number of aliphatic carboxylic acids is 2. The number of aromatic nitrogens is 4. The number of rotatable bonds is 20. The molecule has 110 heavy (non-hydrogen) atoms. The maximum absolute atomic E-state index is 13.7. The second kappa shape index (κ2) is 36.7. The van der Waals surface area contributed by atoms with E-state index in [1.807, 2.05) is 73.1 Å². The second-order valence-electron chi connectivity index (χ2n) is 35.0. The molecule has 0 radical (unpaired) electrons. The molecule has 0 bridgehead atoms. The first kappa shape index (κ1) is 83.7. The molecule has 13 rings (SSSR count). The van der Waals surface area contributed by atoms with Crippen LogP contribution in [0.2, 0.25) is 0 Å². The molecule has 6 aromatic rings. The summed E-state index contributed by atoms with van der Waals surface area (Å²) in [7, 11) is -0.114. The number of hydrogen-bond acceptors (Lipinski definition) is 14. The molecule has 2 saturated carbocycles. The fourth-order valence-corrected chi connectivity index (χ4v) is 18.8. The third-order valence-corrected chi connectivity index (χ3v) is 28.2. The smallest absolute Gasteiger partial charge is 0.481 e. The minimum absolute atomic E-state index is 0.0832. The highest BCUT2D eigenvalue weighted by Crippen LogP contribution is 2.46. The zero-order valence-electron chi connectivity index (χ0n) is 66.8. The molecule has 590 valence electrons. The molecule has 4 aliphatic carbocycles. The van der Waals surface area contributed by atoms with Crippen LogP contribution in [0.25, 0.3) is 28.3 Å². The van der Waals surface area contributed by atoms with Crippen LogP contribution >= 0.6 is 38.6 Å². The van der Waals surface area contributed by atoms with Gasteiger partial charge in [0.15, 0.2) is 11.6 Å². The van der Waals surface area contributed by atoms with Crippen molar-refractivity contribution >= 4 is 86.9 Å². The quantitative estimate of drug-likeness (QED) is 0.0520. The Kier molecular flexibility index (Phi) is 27.9. The van der Waals surface area contributed by atoms with E-state index in [0.29, 0.717) is 47.3 Å². The number of benzene rings is 2. The number of likely N-dealkylation sites (tertiary alicyclic amines) is 2. The Morgan fingerprint density at radius 3 is 1.27 bits per heavy atom. The van der Waals surface area contributed by atoms with Crippen molar-refractivity contribution in [1.82, 2.24) is 40.4 Å². The van der Waals surface area contributed by atoms with Crippen LogP contribution in [0.4, 0.5) is 0 Å². The van der Waals surface area contributed by atoms with Crippen LogP contribution in [0.5, 0.6) is 0 Å². The predicted molar refractivity (Wildman–Crippen MR) is 442 cm³/mol. The lowest BCUT2D eigenvalue weighted by Gasteiger charge is -2.35. The van der Waals surface area contributed by atoms with Gasteiger partial charge < -0.3 is 40.0 Å². The molecule has 5 fully saturated rings. The summed E-state index contributed by atoms with van der Waals surface area (Å²) in [6, 6.07) is 21.2. The Hall–Kier alpha value is -7.24. The molecule has 4 aromatic heterocycles. The van der Waals surface area contributed by atoms with Gasteiger partial charge in [-0.25, -0.2) is 19.9 Å². The normalized spacial score (nSPS) is 23.8. The van der Waals surface area contributed by atoms with E-state index in [1.54, 1.807) is 34.3 Å². The van der Waals surface area contributed by atoms with E-state index in [2.05, 4.69) is 132 Å². The number of carbonyl (C=O) groups is 6. The average Bonchev–Trinajstić information content (AvgIpc) is 1.62. The van der Waals surface area contributed by atoms with Gasteiger partial charge in [0.2, 0.25) is 11.8 Å². The second-order valence-corrected chi connectivity index (χ2v) is 38.0. The SMILES string of the molecule is CC(C)(C)c1ccc(C(=O)N[C@@H](Cc2ccc(-c3ncc(Br)cn3)cc2)C(=O)N2CC[C@H](C(=O)O)C2)s1.CCC1CCC(C2CC=C(B3OC(C)(C)C(C)(C)O3)CC2)CC1.CCC1CCC(C2CC=C(c3cnc(-c4ccc(C[C@H](NC(=O)c5ccc(C(C)(C)C)s5)C(=O)N5CC[C@H](C(=O)O)C5)cc4)nc3)CC2)CC1. The van der Waals surface area contributed by atoms with Crippen LogP contribution in [-0.4, -0.2) is 132 Å². The first-order chi connectivity index (χ1) is 52.3. The van der Waals surface area contributed by atoms with Gasteiger partial charge in [-0.1, -0.05) is 155 Å². The van der Waals surface area contributed by atoms with Gasteiger partial charge in [0.05, 0.1) is 37.3 Å². The fraction of sp³-hybridized carbons (Fsp3) is 0.568. The Bertz CT molecular complexity index is 4190. The Balaban J connectivity index is 0.000000175. The van der Waals surface area contributed by atoms with Crippen molar-refractivity contribution in [3.63, 3.8) is 0 Å². The molecule has 6 atom stereocenters. The molecule has 3 saturated heterocycles. The van der Waals surface area contributed by atoms with E-state index in [-0.39, 0.29) is 78.7 Å². The average molecular weight is 1600 g/mol. The summed E-state index contributed by atoms with van der Waals surface area (Å²) >= 11 is 6.17. The highest BCUT2D eigenvalue weighted by molar-refractivity contribution is 9.10. The van der Waals surface area contributed by atoms with E-state index < -0.39 is 35.9 Å². The molecule has 2 aromatic carbocycles. The third-order valence-electron chi connectivity index (χ3n) is 24.8. The summed E-state index contributed by atoms with van der Waals surface area (Å²) in [5.41, 5.74) is 6.69. The number of nitrogens with one attached hydrogen (secondary N) is 2. The van der Waals surface area contributed by atoms with Gasteiger partial charge in [-0.05, 0) is 213 Å². The molecule has 7 aliphatic rings. The first-order valence-corrected chi connectivity index (χ1v) is 42.8. The van der Waals surface area contributed by atoms with Gasteiger partial charge in [0.1, 0.15) is 12.1 Å². The molecule has 0 spiro atoms. The highest BCUT2D eigenvalue weighted by Gasteiger charge is 2.53. The van der Waals surface area contributed by atoms with Crippen molar-refractivity contribution in [2.24, 2.45) is 47.3 Å². The van der Waals surface area contributed by atoms with Crippen LogP contribution < -0.4 is 10.6 Å². The third kappa shape index (κ3) is 21.5. The number of halogens is 1. The minimum atomic E-state index is -0.907. The lowest BCUT2D eigenvalue weighted by atomic mass is 9.66. The van der Waals surface area contributed by atoms with E-state index in [0.717, 1.165) is 96.8 Å². The van der Waals surface area contributed by atoms with Crippen LogP contribution in [-0.2, 0) is 52.2 Å². The number of carboxylic acid groups (broad SMARTS) is 2. The number of thiophene rings is 2. The van der Waals surface area contributed by atoms with Crippen LogP contribution in [0.1, 0.15) is 244 Å². The zero-order valence-corrected chi connectivity index (χ0v) is 70.0. The van der Waals surface area contributed by atoms with E-state index >= 15 is 0 Å².